The summed E-state index contributed by atoms with van der Waals surface area (Å²) in [5, 5.41) is 0. The summed E-state index contributed by atoms with van der Waals surface area (Å²) >= 11 is 6.04. The average Bonchev–Trinajstić information content (AvgIpc) is 3.22. The van der Waals surface area contributed by atoms with Crippen LogP contribution in [0, 0.1) is 12.3 Å². The van der Waals surface area contributed by atoms with Crippen LogP contribution in [0.4, 0.5) is 0 Å². The molecule has 2 rings (SSSR count). The van der Waals surface area contributed by atoms with Crippen LogP contribution in [-0.2, 0) is 22.7 Å². The van der Waals surface area contributed by atoms with Gasteiger partial charge in [-0.1, -0.05) is 50.1 Å². The first-order valence-electron chi connectivity index (χ1n) is 12.0. The third-order valence-corrected chi connectivity index (χ3v) is 6.53. The number of carbonyl (C=O) groups excluding carboxylic acids is 2. The van der Waals surface area contributed by atoms with Crippen molar-refractivity contribution in [3.05, 3.63) is 59.4 Å². The lowest BCUT2D eigenvalue weighted by Gasteiger charge is -2.32. The van der Waals surface area contributed by atoms with E-state index in [0.717, 1.165) is 31.5 Å². The van der Waals surface area contributed by atoms with E-state index >= 15 is 0 Å². The molecule has 2 aromatic rings. The molecule has 0 spiro atoms. The number of amides is 2. The van der Waals surface area contributed by atoms with Gasteiger partial charge in [-0.15, -0.1) is 11.6 Å². The summed E-state index contributed by atoms with van der Waals surface area (Å²) in [6, 6.07) is 12.6. The monoisotopic (exact) mass is 473 g/mol. The SMILES string of the molecule is CCCCN(Cc1cccn1Cc1cccc(C)c1)C(=O)CN(CCC)C(=O)C(C)(C)CCl. The quantitative estimate of drug-likeness (QED) is 0.362. The maximum atomic E-state index is 13.4. The molecule has 0 aliphatic heterocycles. The van der Waals surface area contributed by atoms with Gasteiger partial charge in [0.15, 0.2) is 0 Å². The fraction of sp³-hybridized carbons (Fsp3) is 0.556. The van der Waals surface area contributed by atoms with Crippen molar-refractivity contribution in [3.8, 4) is 0 Å². The number of carbonyl (C=O) groups is 2. The molecule has 1 aromatic carbocycles. The molecule has 5 nitrogen and oxygen atoms in total. The Morgan fingerprint density at radius 3 is 2.42 bits per heavy atom. The van der Waals surface area contributed by atoms with Crippen molar-refractivity contribution in [2.45, 2.75) is 67.0 Å². The minimum absolute atomic E-state index is 0.0149. The lowest BCUT2D eigenvalue weighted by atomic mass is 9.94. The minimum atomic E-state index is -0.687. The van der Waals surface area contributed by atoms with Gasteiger partial charge in [-0.25, -0.2) is 0 Å². The molecular weight excluding hydrogens is 434 g/mol. The molecule has 0 fully saturated rings. The predicted molar refractivity (Wildman–Crippen MR) is 136 cm³/mol. The van der Waals surface area contributed by atoms with Gasteiger partial charge < -0.3 is 14.4 Å². The van der Waals surface area contributed by atoms with Crippen molar-refractivity contribution in [1.29, 1.82) is 0 Å². The van der Waals surface area contributed by atoms with Crippen molar-refractivity contribution in [1.82, 2.24) is 14.4 Å². The fourth-order valence-corrected chi connectivity index (χ4v) is 3.98. The lowest BCUT2D eigenvalue weighted by Crippen LogP contribution is -2.48. The predicted octanol–water partition coefficient (Wildman–Crippen LogP) is 5.48. The molecule has 0 bridgehead atoms. The second kappa shape index (κ2) is 12.8. The van der Waals surface area contributed by atoms with Crippen molar-refractivity contribution in [2.75, 3.05) is 25.5 Å². The molecule has 0 radical (unpaired) electrons. The molecule has 6 heteroatoms. The molecular formula is C27H40ClN3O2. The first kappa shape index (κ1) is 27.0. The molecule has 0 N–H and O–H groups in total. The Morgan fingerprint density at radius 1 is 1.03 bits per heavy atom. The third kappa shape index (κ3) is 7.92. The molecule has 1 aromatic heterocycles. The number of benzene rings is 1. The molecule has 0 aliphatic rings. The molecule has 2 amide bonds. The van der Waals surface area contributed by atoms with Crippen LogP contribution in [0.1, 0.15) is 63.8 Å². The topological polar surface area (TPSA) is 45.6 Å². The van der Waals surface area contributed by atoms with Gasteiger partial charge in [-0.05, 0) is 51.3 Å². The normalized spacial score (nSPS) is 11.5. The highest BCUT2D eigenvalue weighted by Crippen LogP contribution is 2.21. The van der Waals surface area contributed by atoms with E-state index in [1.807, 2.05) is 31.7 Å². The van der Waals surface area contributed by atoms with E-state index in [0.29, 0.717) is 19.6 Å². The van der Waals surface area contributed by atoms with Crippen molar-refractivity contribution < 1.29 is 9.59 Å². The largest absolute Gasteiger partial charge is 0.345 e. The molecule has 0 saturated carbocycles. The van der Waals surface area contributed by atoms with Gasteiger partial charge in [-0.2, -0.15) is 0 Å². The number of rotatable bonds is 13. The van der Waals surface area contributed by atoms with E-state index < -0.39 is 5.41 Å². The second-order valence-electron chi connectivity index (χ2n) is 9.53. The maximum absolute atomic E-state index is 13.4. The van der Waals surface area contributed by atoms with Crippen molar-refractivity contribution >= 4 is 23.4 Å². The number of hydrogen-bond donors (Lipinski definition) is 0. The lowest BCUT2D eigenvalue weighted by molar-refractivity contribution is -0.145. The Bertz CT molecular complexity index is 906. The van der Waals surface area contributed by atoms with E-state index in [1.54, 1.807) is 4.90 Å². The van der Waals surface area contributed by atoms with Crippen LogP contribution in [-0.4, -0.2) is 51.7 Å². The number of halogens is 1. The maximum Gasteiger partial charge on any atom is 0.242 e. The zero-order valence-corrected chi connectivity index (χ0v) is 21.7. The van der Waals surface area contributed by atoms with E-state index in [2.05, 4.69) is 54.9 Å². The van der Waals surface area contributed by atoms with Crippen LogP contribution in [0.3, 0.4) is 0 Å². The molecule has 1 heterocycles. The molecule has 0 aliphatic carbocycles. The first-order valence-corrected chi connectivity index (χ1v) is 12.6. The highest BCUT2D eigenvalue weighted by molar-refractivity contribution is 6.19. The fourth-order valence-electron chi connectivity index (χ4n) is 3.86. The number of hydrogen-bond acceptors (Lipinski definition) is 2. The Morgan fingerprint density at radius 2 is 1.79 bits per heavy atom. The number of nitrogens with zero attached hydrogens (tertiary/aromatic N) is 3. The molecule has 0 saturated heterocycles. The first-order chi connectivity index (χ1) is 15.7. The van der Waals surface area contributed by atoms with Gasteiger partial charge in [0.1, 0.15) is 0 Å². The van der Waals surface area contributed by atoms with Crippen LogP contribution in [0.15, 0.2) is 42.6 Å². The number of unbranched alkanes of at least 4 members (excludes halogenated alkanes) is 1. The molecule has 0 unspecified atom stereocenters. The smallest absolute Gasteiger partial charge is 0.242 e. The summed E-state index contributed by atoms with van der Waals surface area (Å²) in [4.78, 5) is 30.0. The summed E-state index contributed by atoms with van der Waals surface area (Å²) in [5.74, 6) is 0.150. The Balaban J connectivity index is 2.18. The summed E-state index contributed by atoms with van der Waals surface area (Å²) < 4.78 is 2.20. The van der Waals surface area contributed by atoms with Crippen molar-refractivity contribution in [2.24, 2.45) is 5.41 Å². The van der Waals surface area contributed by atoms with E-state index in [1.165, 1.54) is 11.1 Å². The second-order valence-corrected chi connectivity index (χ2v) is 9.80. The van der Waals surface area contributed by atoms with Gasteiger partial charge in [0, 0.05) is 37.4 Å². The average molecular weight is 474 g/mol. The van der Waals surface area contributed by atoms with Crippen LogP contribution in [0.2, 0.25) is 0 Å². The van der Waals surface area contributed by atoms with Crippen LogP contribution >= 0.6 is 11.6 Å². The zero-order valence-electron chi connectivity index (χ0n) is 20.9. The van der Waals surface area contributed by atoms with Crippen LogP contribution < -0.4 is 0 Å². The standard InChI is InChI=1S/C27H40ClN3O2/c1-6-8-15-30(25(32)20-31(14-7-2)26(33)27(4,5)21-28)19-24-13-10-16-29(24)18-23-12-9-11-22(3)17-23/h9-13,16-17H,6-8,14-15,18-21H2,1-5H3. The summed E-state index contributed by atoms with van der Waals surface area (Å²) in [6.07, 6.45) is 4.80. The number of alkyl halides is 1. The van der Waals surface area contributed by atoms with Crippen molar-refractivity contribution in [3.63, 3.8) is 0 Å². The summed E-state index contributed by atoms with van der Waals surface area (Å²) in [5.41, 5.74) is 2.88. The van der Waals surface area contributed by atoms with E-state index in [-0.39, 0.29) is 24.2 Å². The van der Waals surface area contributed by atoms with E-state index in [4.69, 9.17) is 11.6 Å². The van der Waals surface area contributed by atoms with Gasteiger partial charge >= 0.3 is 0 Å². The van der Waals surface area contributed by atoms with E-state index in [9.17, 15) is 9.59 Å². The zero-order chi connectivity index (χ0) is 24.4. The summed E-state index contributed by atoms with van der Waals surface area (Å²) in [6.45, 7) is 12.5. The van der Waals surface area contributed by atoms with Gasteiger partial charge in [0.05, 0.1) is 18.5 Å². The Kier molecular flexibility index (Phi) is 10.5. The third-order valence-electron chi connectivity index (χ3n) is 5.87. The van der Waals surface area contributed by atoms with Gasteiger partial charge in [-0.3, -0.25) is 9.59 Å². The summed E-state index contributed by atoms with van der Waals surface area (Å²) in [7, 11) is 0. The molecule has 0 atom stereocenters. The minimum Gasteiger partial charge on any atom is -0.345 e. The van der Waals surface area contributed by atoms with Crippen LogP contribution in [0.5, 0.6) is 0 Å². The van der Waals surface area contributed by atoms with Gasteiger partial charge in [0.2, 0.25) is 11.8 Å². The Labute approximate surface area is 204 Å². The highest BCUT2D eigenvalue weighted by atomic mass is 35.5. The molecule has 33 heavy (non-hydrogen) atoms. The highest BCUT2D eigenvalue weighted by Gasteiger charge is 2.32. The van der Waals surface area contributed by atoms with Gasteiger partial charge in [0.25, 0.3) is 0 Å². The number of aromatic nitrogens is 1. The Hall–Kier alpha value is -2.27. The molecule has 182 valence electrons. The van der Waals surface area contributed by atoms with Crippen LogP contribution in [0.25, 0.3) is 0 Å². The number of aryl methyl sites for hydroxylation is 1.